The van der Waals surface area contributed by atoms with E-state index in [4.69, 9.17) is 0 Å². The number of hydrogen-bond donors (Lipinski definition) is 0. The molecule has 0 saturated heterocycles. The molecule has 5 aromatic rings. The number of benzene rings is 5. The third-order valence-corrected chi connectivity index (χ3v) is 5.20. The first-order chi connectivity index (χ1) is 12.3. The molecule has 0 aliphatic carbocycles. The van der Waals surface area contributed by atoms with Gasteiger partial charge < -0.3 is 0 Å². The van der Waals surface area contributed by atoms with Gasteiger partial charge in [0.25, 0.3) is 0 Å². The molecule has 0 heterocycles. The van der Waals surface area contributed by atoms with Crippen LogP contribution in [0.3, 0.4) is 0 Å². The van der Waals surface area contributed by atoms with Crippen LogP contribution in [0.5, 0.6) is 0 Å². The van der Waals surface area contributed by atoms with E-state index in [1.165, 1.54) is 49.0 Å². The van der Waals surface area contributed by atoms with Crippen molar-refractivity contribution >= 4 is 32.3 Å². The monoisotopic (exact) mass is 318 g/mol. The highest BCUT2D eigenvalue weighted by atomic mass is 14.1. The van der Waals surface area contributed by atoms with Gasteiger partial charge in [-0.1, -0.05) is 84.9 Å². The molecule has 5 aromatic carbocycles. The molecule has 0 amide bonds. The quantitative estimate of drug-likeness (QED) is 0.289. The van der Waals surface area contributed by atoms with Gasteiger partial charge in [0.05, 0.1) is 0 Å². The second-order valence-electron chi connectivity index (χ2n) is 6.67. The van der Waals surface area contributed by atoms with Crippen LogP contribution in [0.25, 0.3) is 43.4 Å². The molecule has 0 unspecified atom stereocenters. The fraction of sp³-hybridized carbons (Fsp3) is 0.0400. The Hall–Kier alpha value is -3.12. The smallest absolute Gasteiger partial charge is 0.00928 e. The lowest BCUT2D eigenvalue weighted by molar-refractivity contribution is 1.46. The van der Waals surface area contributed by atoms with Crippen LogP contribution in [0.1, 0.15) is 5.56 Å². The van der Waals surface area contributed by atoms with Crippen molar-refractivity contribution in [3.63, 3.8) is 0 Å². The molecule has 0 aromatic heterocycles. The van der Waals surface area contributed by atoms with Gasteiger partial charge in [0.2, 0.25) is 0 Å². The average Bonchev–Trinajstić information content (AvgIpc) is 2.68. The van der Waals surface area contributed by atoms with E-state index in [1.807, 2.05) is 0 Å². The molecule has 0 atom stereocenters. The zero-order chi connectivity index (χ0) is 16.8. The molecule has 0 saturated carbocycles. The molecule has 0 radical (unpaired) electrons. The van der Waals surface area contributed by atoms with E-state index in [-0.39, 0.29) is 0 Å². The van der Waals surface area contributed by atoms with Crippen molar-refractivity contribution < 1.29 is 0 Å². The molecule has 118 valence electrons. The number of hydrogen-bond acceptors (Lipinski definition) is 0. The summed E-state index contributed by atoms with van der Waals surface area (Å²) in [6.07, 6.45) is 0. The highest BCUT2D eigenvalue weighted by Crippen LogP contribution is 2.37. The van der Waals surface area contributed by atoms with Gasteiger partial charge in [-0.05, 0) is 62.0 Å². The lowest BCUT2D eigenvalue weighted by Gasteiger charge is -2.12. The molecular weight excluding hydrogens is 300 g/mol. The maximum atomic E-state index is 2.35. The Kier molecular flexibility index (Phi) is 3.11. The Morgan fingerprint density at radius 2 is 0.920 bits per heavy atom. The molecule has 0 heteroatoms. The third-order valence-electron chi connectivity index (χ3n) is 5.20. The van der Waals surface area contributed by atoms with Crippen molar-refractivity contribution in [2.45, 2.75) is 6.92 Å². The Labute approximate surface area is 147 Å². The van der Waals surface area contributed by atoms with E-state index >= 15 is 0 Å². The zero-order valence-electron chi connectivity index (χ0n) is 14.2. The molecule has 25 heavy (non-hydrogen) atoms. The highest BCUT2D eigenvalue weighted by molar-refractivity contribution is 6.25. The molecule has 0 bridgehead atoms. The molecule has 0 nitrogen and oxygen atoms in total. The van der Waals surface area contributed by atoms with E-state index in [1.54, 1.807) is 0 Å². The van der Waals surface area contributed by atoms with Gasteiger partial charge in [0, 0.05) is 0 Å². The van der Waals surface area contributed by atoms with Crippen molar-refractivity contribution in [3.05, 3.63) is 96.6 Å². The maximum absolute atomic E-state index is 2.35. The largest absolute Gasteiger partial charge is 0.0620 e. The summed E-state index contributed by atoms with van der Waals surface area (Å²) in [5, 5.41) is 7.96. The summed E-state index contributed by atoms with van der Waals surface area (Å²) >= 11 is 0. The fourth-order valence-electron chi connectivity index (χ4n) is 3.97. The number of aryl methyl sites for hydroxylation is 1. The van der Waals surface area contributed by atoms with Gasteiger partial charge in [-0.15, -0.1) is 0 Å². The van der Waals surface area contributed by atoms with E-state index in [9.17, 15) is 0 Å². The van der Waals surface area contributed by atoms with Crippen molar-refractivity contribution in [3.8, 4) is 11.1 Å². The van der Waals surface area contributed by atoms with E-state index < -0.39 is 0 Å². The average molecular weight is 318 g/mol. The van der Waals surface area contributed by atoms with Crippen LogP contribution in [0.4, 0.5) is 0 Å². The molecule has 5 rings (SSSR count). The third kappa shape index (κ3) is 2.15. The standard InChI is InChI=1S/C25H18/c1-17-8-2-3-9-19(17)18-14-15-24-22-12-5-4-10-20(22)21-11-6-7-13-23(21)25(24)16-18/h2-16H,1H3. The summed E-state index contributed by atoms with van der Waals surface area (Å²) in [5.41, 5.74) is 3.90. The number of fused-ring (bicyclic) bond motifs is 6. The topological polar surface area (TPSA) is 0 Å². The number of rotatable bonds is 1. The SMILES string of the molecule is Cc1ccccc1-c1ccc2c3ccccc3c3ccccc3c2c1. The predicted octanol–water partition coefficient (Wildman–Crippen LogP) is 7.12. The Morgan fingerprint density at radius 3 is 1.52 bits per heavy atom. The van der Waals surface area contributed by atoms with Crippen LogP contribution >= 0.6 is 0 Å². The second kappa shape index (κ2) is 5.46. The minimum absolute atomic E-state index is 1.28. The minimum atomic E-state index is 1.28. The van der Waals surface area contributed by atoms with Crippen molar-refractivity contribution in [2.75, 3.05) is 0 Å². The van der Waals surface area contributed by atoms with Gasteiger partial charge in [-0.2, -0.15) is 0 Å². The Bertz CT molecular complexity index is 1210. The lowest BCUT2D eigenvalue weighted by Crippen LogP contribution is -1.86. The first-order valence-electron chi connectivity index (χ1n) is 8.72. The summed E-state index contributed by atoms with van der Waals surface area (Å²) in [6.45, 7) is 2.18. The van der Waals surface area contributed by atoms with Crippen LogP contribution in [-0.4, -0.2) is 0 Å². The van der Waals surface area contributed by atoms with Gasteiger partial charge in [0.1, 0.15) is 0 Å². The van der Waals surface area contributed by atoms with Crippen molar-refractivity contribution in [1.29, 1.82) is 0 Å². The van der Waals surface area contributed by atoms with E-state index in [2.05, 4.69) is 97.9 Å². The van der Waals surface area contributed by atoms with Crippen molar-refractivity contribution in [1.82, 2.24) is 0 Å². The molecule has 0 N–H and O–H groups in total. The van der Waals surface area contributed by atoms with Crippen molar-refractivity contribution in [2.24, 2.45) is 0 Å². The molecular formula is C25H18. The summed E-state index contributed by atoms with van der Waals surface area (Å²) in [6, 6.07) is 33.0. The lowest BCUT2D eigenvalue weighted by atomic mass is 9.91. The predicted molar refractivity (Wildman–Crippen MR) is 109 cm³/mol. The van der Waals surface area contributed by atoms with E-state index in [0.717, 1.165) is 0 Å². The van der Waals surface area contributed by atoms with E-state index in [0.29, 0.717) is 0 Å². The summed E-state index contributed by atoms with van der Waals surface area (Å²) in [7, 11) is 0. The van der Waals surface area contributed by atoms with Gasteiger partial charge in [-0.25, -0.2) is 0 Å². The van der Waals surface area contributed by atoms with Gasteiger partial charge in [-0.3, -0.25) is 0 Å². The van der Waals surface area contributed by atoms with Crippen LogP contribution in [0.2, 0.25) is 0 Å². The first kappa shape index (κ1) is 14.2. The van der Waals surface area contributed by atoms with Gasteiger partial charge >= 0.3 is 0 Å². The summed E-state index contributed by atoms with van der Waals surface area (Å²) in [4.78, 5) is 0. The maximum Gasteiger partial charge on any atom is -0.00928 e. The van der Waals surface area contributed by atoms with Crippen LogP contribution in [0.15, 0.2) is 91.0 Å². The molecule has 0 aliphatic rings. The van der Waals surface area contributed by atoms with Gasteiger partial charge in [0.15, 0.2) is 0 Å². The van der Waals surface area contributed by atoms with Crippen LogP contribution in [-0.2, 0) is 0 Å². The highest BCUT2D eigenvalue weighted by Gasteiger charge is 2.09. The fourth-order valence-corrected chi connectivity index (χ4v) is 3.97. The van der Waals surface area contributed by atoms with Crippen LogP contribution < -0.4 is 0 Å². The zero-order valence-corrected chi connectivity index (χ0v) is 14.2. The minimum Gasteiger partial charge on any atom is -0.0620 e. The first-order valence-corrected chi connectivity index (χ1v) is 8.72. The normalized spacial score (nSPS) is 11.4. The van der Waals surface area contributed by atoms with Crippen LogP contribution in [0, 0.1) is 6.92 Å². The second-order valence-corrected chi connectivity index (χ2v) is 6.67. The molecule has 0 spiro atoms. The summed E-state index contributed by atoms with van der Waals surface area (Å²) in [5.74, 6) is 0. The Balaban J connectivity index is 1.96. The molecule has 0 fully saturated rings. The summed E-state index contributed by atoms with van der Waals surface area (Å²) < 4.78 is 0. The molecule has 0 aliphatic heterocycles. The Morgan fingerprint density at radius 1 is 0.440 bits per heavy atom.